The fourth-order valence-corrected chi connectivity index (χ4v) is 2.04. The summed E-state index contributed by atoms with van der Waals surface area (Å²) < 4.78 is 13.7. The lowest BCUT2D eigenvalue weighted by Crippen LogP contribution is -2.35. The number of benzene rings is 1. The van der Waals surface area contributed by atoms with Crippen LogP contribution < -0.4 is 5.32 Å². The Hall–Kier alpha value is -0.960. The Kier molecular flexibility index (Phi) is 5.48. The third-order valence-electron chi connectivity index (χ3n) is 3.16. The molecular weight excluding hydrogens is 366 g/mol. The van der Waals surface area contributed by atoms with Gasteiger partial charge in [0.1, 0.15) is 11.5 Å². The minimum absolute atomic E-state index is 0.0863. The second kappa shape index (κ2) is 6.47. The standard InChI is InChI=1S/C12H16FIN2O3/c1-3-12(17,4-2)7-15-10-5-8(13)9(14)6-11(10)16(18)19/h5-6,15,17H,3-4,7H2,1-2H3. The largest absolute Gasteiger partial charge is 0.388 e. The SMILES string of the molecule is CCC(O)(CC)CNc1cc(F)c(I)cc1[N+](=O)[O-]. The van der Waals surface area contributed by atoms with Crippen LogP contribution in [0.4, 0.5) is 15.8 Å². The lowest BCUT2D eigenvalue weighted by molar-refractivity contribution is -0.384. The summed E-state index contributed by atoms with van der Waals surface area (Å²) in [4.78, 5) is 10.4. The third-order valence-corrected chi connectivity index (χ3v) is 3.99. The second-order valence-corrected chi connectivity index (χ2v) is 5.49. The molecule has 0 atom stereocenters. The van der Waals surface area contributed by atoms with Crippen molar-refractivity contribution in [3.8, 4) is 0 Å². The molecule has 7 heteroatoms. The summed E-state index contributed by atoms with van der Waals surface area (Å²) in [6.07, 6.45) is 1.02. The molecule has 0 saturated heterocycles. The number of hydrogen-bond acceptors (Lipinski definition) is 4. The number of halogens is 2. The highest BCUT2D eigenvalue weighted by Crippen LogP contribution is 2.29. The van der Waals surface area contributed by atoms with E-state index in [4.69, 9.17) is 0 Å². The zero-order valence-corrected chi connectivity index (χ0v) is 12.9. The van der Waals surface area contributed by atoms with Gasteiger partial charge in [0.15, 0.2) is 0 Å². The number of rotatable bonds is 6. The maximum atomic E-state index is 13.5. The summed E-state index contributed by atoms with van der Waals surface area (Å²) in [7, 11) is 0. The molecule has 0 aromatic heterocycles. The zero-order chi connectivity index (χ0) is 14.6. The first kappa shape index (κ1) is 16.1. The van der Waals surface area contributed by atoms with Crippen LogP contribution in [0, 0.1) is 19.5 Å². The zero-order valence-electron chi connectivity index (χ0n) is 10.7. The molecule has 0 amide bonds. The van der Waals surface area contributed by atoms with E-state index in [1.165, 1.54) is 6.07 Å². The normalized spacial score (nSPS) is 11.4. The summed E-state index contributed by atoms with van der Waals surface area (Å²) in [5.41, 5.74) is -1.06. The maximum absolute atomic E-state index is 13.5. The predicted molar refractivity (Wildman–Crippen MR) is 79.8 cm³/mol. The van der Waals surface area contributed by atoms with Gasteiger partial charge in [0.2, 0.25) is 0 Å². The fourth-order valence-electron chi connectivity index (χ4n) is 1.59. The number of hydrogen-bond donors (Lipinski definition) is 2. The van der Waals surface area contributed by atoms with E-state index in [2.05, 4.69) is 5.32 Å². The molecule has 0 fully saturated rings. The van der Waals surface area contributed by atoms with Crippen LogP contribution in [-0.2, 0) is 0 Å². The number of aliphatic hydroxyl groups is 1. The van der Waals surface area contributed by atoms with E-state index in [1.807, 2.05) is 13.8 Å². The molecule has 19 heavy (non-hydrogen) atoms. The molecule has 1 aromatic carbocycles. The number of nitro groups is 1. The number of nitrogens with one attached hydrogen (secondary N) is 1. The smallest absolute Gasteiger partial charge is 0.293 e. The molecular formula is C12H16FIN2O3. The van der Waals surface area contributed by atoms with Crippen molar-refractivity contribution in [2.24, 2.45) is 0 Å². The van der Waals surface area contributed by atoms with Crippen molar-refractivity contribution in [1.29, 1.82) is 0 Å². The maximum Gasteiger partial charge on any atom is 0.293 e. The Labute approximate surface area is 124 Å². The van der Waals surface area contributed by atoms with Gasteiger partial charge in [0.05, 0.1) is 14.1 Å². The van der Waals surface area contributed by atoms with Crippen molar-refractivity contribution in [3.63, 3.8) is 0 Å². The first-order valence-corrected chi connectivity index (χ1v) is 7.00. The topological polar surface area (TPSA) is 75.4 Å². The van der Waals surface area contributed by atoms with Gasteiger partial charge in [-0.05, 0) is 35.4 Å². The van der Waals surface area contributed by atoms with E-state index < -0.39 is 16.3 Å². The van der Waals surface area contributed by atoms with Gasteiger partial charge in [-0.1, -0.05) is 13.8 Å². The van der Waals surface area contributed by atoms with Gasteiger partial charge in [0, 0.05) is 18.7 Å². The molecule has 1 aromatic rings. The second-order valence-electron chi connectivity index (χ2n) is 4.33. The molecule has 0 bridgehead atoms. The molecule has 5 nitrogen and oxygen atoms in total. The predicted octanol–water partition coefficient (Wildman–Crippen LogP) is 3.30. The van der Waals surface area contributed by atoms with Gasteiger partial charge in [-0.25, -0.2) is 4.39 Å². The van der Waals surface area contributed by atoms with Crippen molar-refractivity contribution < 1.29 is 14.4 Å². The van der Waals surface area contributed by atoms with Crippen LogP contribution in [0.1, 0.15) is 26.7 Å². The van der Waals surface area contributed by atoms with E-state index >= 15 is 0 Å². The van der Waals surface area contributed by atoms with E-state index in [9.17, 15) is 19.6 Å². The summed E-state index contributed by atoms with van der Waals surface area (Å²) in [5, 5.41) is 23.8. The van der Waals surface area contributed by atoms with Crippen molar-refractivity contribution >= 4 is 34.0 Å². The van der Waals surface area contributed by atoms with Crippen molar-refractivity contribution in [2.45, 2.75) is 32.3 Å². The minimum Gasteiger partial charge on any atom is -0.388 e. The van der Waals surface area contributed by atoms with Crippen LogP contribution in [0.5, 0.6) is 0 Å². The molecule has 0 aliphatic carbocycles. The molecule has 1 rings (SSSR count). The molecule has 2 N–H and O–H groups in total. The number of nitro benzene ring substituents is 1. The summed E-state index contributed by atoms with van der Waals surface area (Å²) in [5.74, 6) is -0.523. The average molecular weight is 382 g/mol. The average Bonchev–Trinajstić information content (AvgIpc) is 2.39. The van der Waals surface area contributed by atoms with Crippen LogP contribution in [0.15, 0.2) is 12.1 Å². The Bertz CT molecular complexity index is 478. The lowest BCUT2D eigenvalue weighted by atomic mass is 9.97. The Morgan fingerprint density at radius 3 is 2.53 bits per heavy atom. The van der Waals surface area contributed by atoms with Crippen molar-refractivity contribution in [3.05, 3.63) is 31.6 Å². The molecule has 0 aliphatic heterocycles. The quantitative estimate of drug-likeness (QED) is 0.450. The van der Waals surface area contributed by atoms with Crippen molar-refractivity contribution in [2.75, 3.05) is 11.9 Å². The lowest BCUT2D eigenvalue weighted by Gasteiger charge is -2.25. The van der Waals surface area contributed by atoms with Gasteiger partial charge in [-0.15, -0.1) is 0 Å². The molecule has 106 valence electrons. The highest BCUT2D eigenvalue weighted by Gasteiger charge is 2.24. The minimum atomic E-state index is -0.951. The Balaban J connectivity index is 3.00. The van der Waals surface area contributed by atoms with Gasteiger partial charge < -0.3 is 10.4 Å². The highest BCUT2D eigenvalue weighted by atomic mass is 127. The molecule has 0 aliphatic rings. The highest BCUT2D eigenvalue weighted by molar-refractivity contribution is 14.1. The molecule has 0 unspecified atom stereocenters. The van der Waals surface area contributed by atoms with Crippen LogP contribution in [0.25, 0.3) is 0 Å². The fraction of sp³-hybridized carbons (Fsp3) is 0.500. The van der Waals surface area contributed by atoms with E-state index in [0.29, 0.717) is 12.8 Å². The molecule has 0 heterocycles. The third kappa shape index (κ3) is 4.00. The van der Waals surface area contributed by atoms with Gasteiger partial charge >= 0.3 is 0 Å². The first-order chi connectivity index (χ1) is 8.83. The van der Waals surface area contributed by atoms with Gasteiger partial charge in [0.25, 0.3) is 5.69 Å². The van der Waals surface area contributed by atoms with Crippen LogP contribution in [0.2, 0.25) is 0 Å². The monoisotopic (exact) mass is 382 g/mol. The Morgan fingerprint density at radius 2 is 2.05 bits per heavy atom. The molecule has 0 spiro atoms. The van der Waals surface area contributed by atoms with Crippen LogP contribution >= 0.6 is 22.6 Å². The molecule has 0 saturated carbocycles. The number of nitrogens with zero attached hydrogens (tertiary/aromatic N) is 1. The van der Waals surface area contributed by atoms with Crippen molar-refractivity contribution in [1.82, 2.24) is 0 Å². The van der Waals surface area contributed by atoms with E-state index in [0.717, 1.165) is 6.07 Å². The van der Waals surface area contributed by atoms with E-state index in [1.54, 1.807) is 22.6 Å². The van der Waals surface area contributed by atoms with Gasteiger partial charge in [-0.2, -0.15) is 0 Å². The van der Waals surface area contributed by atoms with Crippen LogP contribution in [-0.4, -0.2) is 22.2 Å². The first-order valence-electron chi connectivity index (χ1n) is 5.92. The van der Waals surface area contributed by atoms with E-state index in [-0.39, 0.29) is 21.5 Å². The summed E-state index contributed by atoms with van der Waals surface area (Å²) in [6, 6.07) is 2.26. The number of anilines is 1. The van der Waals surface area contributed by atoms with Gasteiger partial charge in [-0.3, -0.25) is 10.1 Å². The van der Waals surface area contributed by atoms with Crippen LogP contribution in [0.3, 0.4) is 0 Å². The summed E-state index contributed by atoms with van der Waals surface area (Å²) in [6.45, 7) is 3.79. The Morgan fingerprint density at radius 1 is 1.47 bits per heavy atom. The summed E-state index contributed by atoms with van der Waals surface area (Å²) >= 11 is 1.70. The molecule has 0 radical (unpaired) electrons.